The largest absolute Gasteiger partial charge is 0.417 e. The highest BCUT2D eigenvalue weighted by Crippen LogP contribution is 2.33. The quantitative estimate of drug-likeness (QED) is 0.323. The standard InChI is InChI=1S/C10H5BrF3IO2/c11-3-9(17)6-2-7(10(12,13)14)5(4-16)1-8(6)15/h1-2,4H,3H2. The summed E-state index contributed by atoms with van der Waals surface area (Å²) in [6, 6.07) is 1.78. The lowest BCUT2D eigenvalue weighted by Crippen LogP contribution is -2.13. The fourth-order valence-electron chi connectivity index (χ4n) is 1.22. The molecule has 2 nitrogen and oxygen atoms in total. The molecule has 0 saturated heterocycles. The highest BCUT2D eigenvalue weighted by molar-refractivity contribution is 14.1. The van der Waals surface area contributed by atoms with Crippen molar-refractivity contribution in [3.05, 3.63) is 32.4 Å². The van der Waals surface area contributed by atoms with Crippen LogP contribution >= 0.6 is 38.5 Å². The Kier molecular flexibility index (Phi) is 4.70. The molecular weight excluding hydrogens is 416 g/mol. The monoisotopic (exact) mass is 420 g/mol. The summed E-state index contributed by atoms with van der Waals surface area (Å²) in [6.07, 6.45) is -4.52. The molecule has 0 heterocycles. The minimum absolute atomic E-state index is 0.0413. The lowest BCUT2D eigenvalue weighted by Gasteiger charge is -2.12. The van der Waals surface area contributed by atoms with E-state index in [4.69, 9.17) is 0 Å². The van der Waals surface area contributed by atoms with E-state index in [0.717, 1.165) is 12.1 Å². The third-order valence-corrected chi connectivity index (χ3v) is 3.40. The zero-order valence-electron chi connectivity index (χ0n) is 8.15. The maximum atomic E-state index is 12.6. The molecule has 0 spiro atoms. The van der Waals surface area contributed by atoms with Gasteiger partial charge < -0.3 is 0 Å². The summed E-state index contributed by atoms with van der Waals surface area (Å²) < 4.78 is 38.2. The molecule has 0 aliphatic carbocycles. The summed E-state index contributed by atoms with van der Waals surface area (Å²) in [7, 11) is 0. The first-order chi connectivity index (χ1) is 7.81. The molecule has 1 aromatic rings. The molecule has 92 valence electrons. The van der Waals surface area contributed by atoms with Gasteiger partial charge in [0.1, 0.15) is 0 Å². The lowest BCUT2D eigenvalue weighted by atomic mass is 10.0. The Labute approximate surface area is 117 Å². The second-order valence-electron chi connectivity index (χ2n) is 3.09. The van der Waals surface area contributed by atoms with Crippen molar-refractivity contribution in [3.8, 4) is 0 Å². The normalized spacial score (nSPS) is 11.4. The highest BCUT2D eigenvalue weighted by Gasteiger charge is 2.34. The molecule has 0 fully saturated rings. The summed E-state index contributed by atoms with van der Waals surface area (Å²) >= 11 is 4.62. The molecule has 0 aliphatic heterocycles. The van der Waals surface area contributed by atoms with Gasteiger partial charge in [-0.2, -0.15) is 13.2 Å². The molecule has 0 amide bonds. The van der Waals surface area contributed by atoms with E-state index in [-0.39, 0.29) is 17.2 Å². The van der Waals surface area contributed by atoms with Crippen LogP contribution in [0.25, 0.3) is 0 Å². The lowest BCUT2D eigenvalue weighted by molar-refractivity contribution is -0.137. The van der Waals surface area contributed by atoms with Gasteiger partial charge in [0.25, 0.3) is 0 Å². The van der Waals surface area contributed by atoms with Crippen LogP contribution in [0.2, 0.25) is 0 Å². The average molecular weight is 421 g/mol. The number of ketones is 1. The smallest absolute Gasteiger partial charge is 0.298 e. The number of carbonyl (C=O) groups excluding carboxylic acids is 2. The first-order valence-corrected chi connectivity index (χ1v) is 6.46. The fourth-order valence-corrected chi connectivity index (χ4v) is 2.31. The first-order valence-electron chi connectivity index (χ1n) is 4.26. The zero-order valence-corrected chi connectivity index (χ0v) is 11.9. The maximum absolute atomic E-state index is 12.6. The summed E-state index contributed by atoms with van der Waals surface area (Å²) in [5.41, 5.74) is -1.59. The van der Waals surface area contributed by atoms with Crippen LogP contribution in [0.3, 0.4) is 0 Å². The van der Waals surface area contributed by atoms with Gasteiger partial charge in [0.15, 0.2) is 12.1 Å². The van der Waals surface area contributed by atoms with E-state index >= 15 is 0 Å². The zero-order chi connectivity index (χ0) is 13.2. The van der Waals surface area contributed by atoms with Crippen LogP contribution in [0, 0.1) is 3.57 Å². The van der Waals surface area contributed by atoms with Crippen LogP contribution in [0.1, 0.15) is 26.3 Å². The molecule has 17 heavy (non-hydrogen) atoms. The molecule has 0 aliphatic rings. The minimum Gasteiger partial charge on any atom is -0.298 e. The molecule has 0 radical (unpaired) electrons. The number of Topliss-reactive ketones (excluding diaryl/α,β-unsaturated/α-hetero) is 1. The number of benzene rings is 1. The van der Waals surface area contributed by atoms with Crippen LogP contribution in [-0.4, -0.2) is 17.4 Å². The number of halogens is 5. The van der Waals surface area contributed by atoms with Crippen molar-refractivity contribution < 1.29 is 22.8 Å². The van der Waals surface area contributed by atoms with Gasteiger partial charge in [0, 0.05) is 14.7 Å². The molecular formula is C10H5BrF3IO2. The van der Waals surface area contributed by atoms with Crippen molar-refractivity contribution in [3.63, 3.8) is 0 Å². The van der Waals surface area contributed by atoms with E-state index in [9.17, 15) is 22.8 Å². The molecule has 0 saturated carbocycles. The van der Waals surface area contributed by atoms with Crippen molar-refractivity contribution in [2.45, 2.75) is 6.18 Å². The number of aldehydes is 1. The molecule has 1 aromatic carbocycles. The second kappa shape index (κ2) is 5.47. The molecule has 0 aromatic heterocycles. The van der Waals surface area contributed by atoms with Crippen LogP contribution in [0.4, 0.5) is 13.2 Å². The predicted octanol–water partition coefficient (Wildman–Crippen LogP) is 3.70. The number of carbonyl (C=O) groups is 2. The predicted molar refractivity (Wildman–Crippen MR) is 67.7 cm³/mol. The summed E-state index contributed by atoms with van der Waals surface area (Å²) in [6.45, 7) is 0. The molecule has 0 N–H and O–H groups in total. The van der Waals surface area contributed by atoms with E-state index in [1.165, 1.54) is 0 Å². The molecule has 0 unspecified atom stereocenters. The van der Waals surface area contributed by atoms with Crippen LogP contribution in [0.5, 0.6) is 0 Å². The number of hydrogen-bond donors (Lipinski definition) is 0. The third-order valence-electron chi connectivity index (χ3n) is 1.99. The van der Waals surface area contributed by atoms with Crippen molar-refractivity contribution in [1.82, 2.24) is 0 Å². The Balaban J connectivity index is 3.48. The van der Waals surface area contributed by atoms with Gasteiger partial charge >= 0.3 is 6.18 Å². The van der Waals surface area contributed by atoms with Gasteiger partial charge in [-0.25, -0.2) is 0 Å². The van der Waals surface area contributed by atoms with Crippen LogP contribution in [-0.2, 0) is 6.18 Å². The second-order valence-corrected chi connectivity index (χ2v) is 4.81. The Morgan fingerprint density at radius 3 is 2.41 bits per heavy atom. The van der Waals surface area contributed by atoms with E-state index < -0.39 is 23.1 Å². The van der Waals surface area contributed by atoms with Crippen molar-refractivity contribution in [2.24, 2.45) is 0 Å². The molecule has 0 atom stereocenters. The van der Waals surface area contributed by atoms with Gasteiger partial charge in [-0.15, -0.1) is 0 Å². The Bertz CT molecular complexity index is 471. The van der Waals surface area contributed by atoms with Gasteiger partial charge in [-0.1, -0.05) is 15.9 Å². The fraction of sp³-hybridized carbons (Fsp3) is 0.200. The van der Waals surface area contributed by atoms with Crippen LogP contribution < -0.4 is 0 Å². The van der Waals surface area contributed by atoms with E-state index in [1.807, 2.05) is 0 Å². The van der Waals surface area contributed by atoms with E-state index in [0.29, 0.717) is 3.57 Å². The summed E-state index contributed by atoms with van der Waals surface area (Å²) in [4.78, 5) is 22.0. The number of hydrogen-bond acceptors (Lipinski definition) is 2. The molecule has 1 rings (SSSR count). The Morgan fingerprint density at radius 2 is 2.00 bits per heavy atom. The summed E-state index contributed by atoms with van der Waals surface area (Å²) in [5.74, 6) is -0.461. The van der Waals surface area contributed by atoms with E-state index in [2.05, 4.69) is 15.9 Å². The average Bonchev–Trinajstić information content (AvgIpc) is 2.25. The SMILES string of the molecule is O=Cc1cc(I)c(C(=O)CBr)cc1C(F)(F)F. The minimum atomic E-state index is -4.65. The maximum Gasteiger partial charge on any atom is 0.417 e. The van der Waals surface area contributed by atoms with Crippen molar-refractivity contribution in [1.29, 1.82) is 0 Å². The highest BCUT2D eigenvalue weighted by atomic mass is 127. The van der Waals surface area contributed by atoms with Gasteiger partial charge in [0.2, 0.25) is 0 Å². The molecule has 0 bridgehead atoms. The van der Waals surface area contributed by atoms with Gasteiger partial charge in [-0.3, -0.25) is 9.59 Å². The van der Waals surface area contributed by atoms with Gasteiger partial charge in [-0.05, 0) is 34.7 Å². The third kappa shape index (κ3) is 3.27. The number of alkyl halides is 4. The van der Waals surface area contributed by atoms with E-state index in [1.54, 1.807) is 22.6 Å². The van der Waals surface area contributed by atoms with Crippen molar-refractivity contribution in [2.75, 3.05) is 5.33 Å². The topological polar surface area (TPSA) is 34.1 Å². The molecule has 7 heteroatoms. The Morgan fingerprint density at radius 1 is 1.41 bits per heavy atom. The van der Waals surface area contributed by atoms with Crippen LogP contribution in [0.15, 0.2) is 12.1 Å². The first kappa shape index (κ1) is 14.6. The number of rotatable bonds is 3. The Hall–Kier alpha value is -0.440. The van der Waals surface area contributed by atoms with Crippen molar-refractivity contribution >= 4 is 50.6 Å². The summed E-state index contributed by atoms with van der Waals surface area (Å²) in [5, 5.41) is -0.0687. The van der Waals surface area contributed by atoms with Gasteiger partial charge in [0.05, 0.1) is 10.9 Å².